The molecule has 8 nitrogen and oxygen atoms in total. The standard InChI is InChI=1S/C16H14N2O6/c1-2-23-16(20)11-4-3-5-12(10-11)17-14(19)8-6-13-7-9-15(24-13)18(21)22/h3-10H,2H2,1H3,(H,17,19). The van der Waals surface area contributed by atoms with Gasteiger partial charge in [-0.15, -0.1) is 0 Å². The molecule has 0 bridgehead atoms. The second-order valence-corrected chi connectivity index (χ2v) is 4.56. The Bertz CT molecular complexity index is 793. The van der Waals surface area contributed by atoms with Crippen LogP contribution in [-0.2, 0) is 9.53 Å². The monoisotopic (exact) mass is 330 g/mol. The molecule has 0 saturated carbocycles. The number of carbonyl (C=O) groups is 2. The van der Waals surface area contributed by atoms with Gasteiger partial charge in [0.15, 0.2) is 0 Å². The smallest absolute Gasteiger partial charge is 0.433 e. The lowest BCUT2D eigenvalue weighted by atomic mass is 10.2. The highest BCUT2D eigenvalue weighted by molar-refractivity contribution is 6.02. The molecule has 2 rings (SSSR count). The van der Waals surface area contributed by atoms with E-state index in [0.29, 0.717) is 11.3 Å². The Labute approximate surface area is 136 Å². The number of furan rings is 1. The van der Waals surface area contributed by atoms with Crippen molar-refractivity contribution >= 4 is 29.5 Å². The number of amides is 1. The van der Waals surface area contributed by atoms with Gasteiger partial charge < -0.3 is 14.5 Å². The van der Waals surface area contributed by atoms with Crippen LogP contribution >= 0.6 is 0 Å². The first kappa shape index (κ1) is 16.9. The number of anilines is 1. The van der Waals surface area contributed by atoms with Gasteiger partial charge in [0.25, 0.3) is 0 Å². The fourth-order valence-corrected chi connectivity index (χ4v) is 1.81. The maximum atomic E-state index is 11.8. The van der Waals surface area contributed by atoms with E-state index >= 15 is 0 Å². The summed E-state index contributed by atoms with van der Waals surface area (Å²) >= 11 is 0. The summed E-state index contributed by atoms with van der Waals surface area (Å²) in [6.07, 6.45) is 2.47. The Morgan fingerprint density at radius 2 is 2.12 bits per heavy atom. The zero-order valence-corrected chi connectivity index (χ0v) is 12.7. The molecule has 0 aliphatic heterocycles. The number of nitrogens with zero attached hydrogens (tertiary/aromatic N) is 1. The Kier molecular flexibility index (Phi) is 5.45. The van der Waals surface area contributed by atoms with E-state index in [9.17, 15) is 19.7 Å². The van der Waals surface area contributed by atoms with Crippen LogP contribution in [-0.4, -0.2) is 23.4 Å². The number of carbonyl (C=O) groups excluding carboxylic acids is 2. The van der Waals surface area contributed by atoms with Crippen molar-refractivity contribution in [3.63, 3.8) is 0 Å². The number of hydrogen-bond acceptors (Lipinski definition) is 6. The van der Waals surface area contributed by atoms with E-state index in [1.165, 1.54) is 30.4 Å². The van der Waals surface area contributed by atoms with Crippen molar-refractivity contribution in [3.05, 3.63) is 63.9 Å². The van der Waals surface area contributed by atoms with Gasteiger partial charge in [0.2, 0.25) is 5.91 Å². The number of nitrogens with one attached hydrogen (secondary N) is 1. The fraction of sp³-hybridized carbons (Fsp3) is 0.125. The molecule has 0 atom stereocenters. The molecule has 0 radical (unpaired) electrons. The van der Waals surface area contributed by atoms with E-state index in [0.717, 1.165) is 0 Å². The van der Waals surface area contributed by atoms with Gasteiger partial charge in [-0.05, 0) is 37.3 Å². The fourth-order valence-electron chi connectivity index (χ4n) is 1.81. The molecule has 1 amide bonds. The summed E-state index contributed by atoms with van der Waals surface area (Å²) in [6, 6.07) is 8.87. The molecule has 24 heavy (non-hydrogen) atoms. The van der Waals surface area contributed by atoms with Gasteiger partial charge in [-0.3, -0.25) is 14.9 Å². The first-order chi connectivity index (χ1) is 11.5. The van der Waals surface area contributed by atoms with Crippen LogP contribution in [0.25, 0.3) is 6.08 Å². The molecule has 2 aromatic rings. The van der Waals surface area contributed by atoms with Gasteiger partial charge in [0, 0.05) is 11.8 Å². The van der Waals surface area contributed by atoms with Crippen molar-refractivity contribution in [2.75, 3.05) is 11.9 Å². The van der Waals surface area contributed by atoms with Crippen LogP contribution in [0.15, 0.2) is 46.9 Å². The summed E-state index contributed by atoms with van der Waals surface area (Å²) in [6.45, 7) is 1.96. The summed E-state index contributed by atoms with van der Waals surface area (Å²) in [5.41, 5.74) is 0.737. The minimum Gasteiger partial charge on any atom is -0.462 e. The van der Waals surface area contributed by atoms with Crippen LogP contribution in [0.3, 0.4) is 0 Å². The second kappa shape index (κ2) is 7.73. The van der Waals surface area contributed by atoms with Crippen molar-refractivity contribution in [2.45, 2.75) is 6.92 Å². The zero-order valence-electron chi connectivity index (χ0n) is 12.7. The van der Waals surface area contributed by atoms with Crippen LogP contribution in [0.2, 0.25) is 0 Å². The van der Waals surface area contributed by atoms with Gasteiger partial charge in [-0.25, -0.2) is 4.79 Å². The van der Waals surface area contributed by atoms with Crippen LogP contribution < -0.4 is 5.32 Å². The third-order valence-corrected chi connectivity index (χ3v) is 2.83. The molecule has 0 fully saturated rings. The molecule has 1 aromatic carbocycles. The first-order valence-electron chi connectivity index (χ1n) is 7.00. The quantitative estimate of drug-likeness (QED) is 0.377. The van der Waals surface area contributed by atoms with Gasteiger partial charge in [-0.2, -0.15) is 0 Å². The minimum atomic E-state index is -0.668. The van der Waals surface area contributed by atoms with Crippen molar-refractivity contribution in [1.82, 2.24) is 0 Å². The van der Waals surface area contributed by atoms with Crippen LogP contribution in [0, 0.1) is 10.1 Å². The van der Waals surface area contributed by atoms with Crippen molar-refractivity contribution in [3.8, 4) is 0 Å². The lowest BCUT2D eigenvalue weighted by Gasteiger charge is -2.05. The number of nitro groups is 1. The number of benzene rings is 1. The molecule has 1 aromatic heterocycles. The van der Waals surface area contributed by atoms with Crippen LogP contribution in [0.5, 0.6) is 0 Å². The summed E-state index contributed by atoms with van der Waals surface area (Å²) < 4.78 is 9.78. The molecule has 124 valence electrons. The maximum absolute atomic E-state index is 11.8. The minimum absolute atomic E-state index is 0.178. The summed E-state index contributed by atoms with van der Waals surface area (Å²) in [4.78, 5) is 33.3. The molecular formula is C16H14N2O6. The molecule has 0 aliphatic carbocycles. The van der Waals surface area contributed by atoms with Crippen molar-refractivity contribution in [2.24, 2.45) is 0 Å². The third-order valence-electron chi connectivity index (χ3n) is 2.83. The molecule has 0 spiro atoms. The van der Waals surface area contributed by atoms with E-state index in [4.69, 9.17) is 9.15 Å². The van der Waals surface area contributed by atoms with Crippen LogP contribution in [0.1, 0.15) is 23.0 Å². The van der Waals surface area contributed by atoms with E-state index in [-0.39, 0.29) is 12.4 Å². The summed E-state index contributed by atoms with van der Waals surface area (Å²) in [7, 11) is 0. The third kappa shape index (κ3) is 4.54. The lowest BCUT2D eigenvalue weighted by molar-refractivity contribution is -0.402. The molecule has 0 aliphatic rings. The van der Waals surface area contributed by atoms with E-state index in [1.807, 2.05) is 0 Å². The average molecular weight is 330 g/mol. The Balaban J connectivity index is 2.01. The molecule has 0 saturated heterocycles. The zero-order chi connectivity index (χ0) is 17.5. The average Bonchev–Trinajstić information content (AvgIpc) is 3.03. The van der Waals surface area contributed by atoms with Crippen LogP contribution in [0.4, 0.5) is 11.6 Å². The largest absolute Gasteiger partial charge is 0.462 e. The molecule has 0 unspecified atom stereocenters. The van der Waals surface area contributed by atoms with Gasteiger partial charge in [0.1, 0.15) is 10.7 Å². The number of hydrogen-bond donors (Lipinski definition) is 1. The van der Waals surface area contributed by atoms with E-state index in [1.54, 1.807) is 25.1 Å². The maximum Gasteiger partial charge on any atom is 0.433 e. The van der Waals surface area contributed by atoms with Crippen molar-refractivity contribution < 1.29 is 23.7 Å². The number of esters is 1. The molecule has 1 N–H and O–H groups in total. The molecule has 1 heterocycles. The SMILES string of the molecule is CCOC(=O)c1cccc(NC(=O)C=Cc2ccc([N+](=O)[O-])o2)c1. The van der Waals surface area contributed by atoms with Gasteiger partial charge in [-0.1, -0.05) is 6.07 Å². The van der Waals surface area contributed by atoms with Gasteiger partial charge >= 0.3 is 11.9 Å². The molecule has 8 heteroatoms. The Morgan fingerprint density at radius 1 is 1.33 bits per heavy atom. The summed E-state index contributed by atoms with van der Waals surface area (Å²) in [5, 5.41) is 13.1. The number of ether oxygens (including phenoxy) is 1. The highest BCUT2D eigenvalue weighted by Crippen LogP contribution is 2.17. The van der Waals surface area contributed by atoms with Crippen molar-refractivity contribution in [1.29, 1.82) is 0 Å². The highest BCUT2D eigenvalue weighted by atomic mass is 16.6. The van der Waals surface area contributed by atoms with E-state index < -0.39 is 22.7 Å². The predicted molar refractivity (Wildman–Crippen MR) is 85.4 cm³/mol. The topological polar surface area (TPSA) is 112 Å². The predicted octanol–water partition coefficient (Wildman–Crippen LogP) is 3.02. The lowest BCUT2D eigenvalue weighted by Crippen LogP contribution is -2.09. The first-order valence-corrected chi connectivity index (χ1v) is 7.00. The Morgan fingerprint density at radius 3 is 2.79 bits per heavy atom. The second-order valence-electron chi connectivity index (χ2n) is 4.56. The Hall–Kier alpha value is -3.42. The van der Waals surface area contributed by atoms with E-state index in [2.05, 4.69) is 5.32 Å². The molecular weight excluding hydrogens is 316 g/mol. The summed E-state index contributed by atoms with van der Waals surface area (Å²) in [5.74, 6) is -1.18. The normalized spacial score (nSPS) is 10.5. The highest BCUT2D eigenvalue weighted by Gasteiger charge is 2.10. The van der Waals surface area contributed by atoms with Gasteiger partial charge in [0.05, 0.1) is 18.2 Å². The number of rotatable bonds is 6.